The summed E-state index contributed by atoms with van der Waals surface area (Å²) in [5.74, 6) is 0.728. The number of hydrogen-bond acceptors (Lipinski definition) is 4. The highest BCUT2D eigenvalue weighted by Crippen LogP contribution is 2.04. The Morgan fingerprint density at radius 2 is 2.17 bits per heavy atom. The zero-order valence-corrected chi connectivity index (χ0v) is 11.4. The van der Waals surface area contributed by atoms with Gasteiger partial charge in [-0.1, -0.05) is 0 Å². The minimum atomic E-state index is -0.0655. The van der Waals surface area contributed by atoms with Gasteiger partial charge in [0.05, 0.1) is 5.56 Å². The molecule has 0 aliphatic rings. The summed E-state index contributed by atoms with van der Waals surface area (Å²) in [5.41, 5.74) is 0.599. The number of carbonyl (C=O) groups is 1. The van der Waals surface area contributed by atoms with Crippen LogP contribution in [0.1, 0.15) is 23.7 Å². The summed E-state index contributed by atoms with van der Waals surface area (Å²) in [5, 5.41) is 5.97. The highest BCUT2D eigenvalue weighted by atomic mass is 16.1. The highest BCUT2D eigenvalue weighted by molar-refractivity contribution is 5.93. The number of amides is 1. The number of rotatable bonds is 7. The van der Waals surface area contributed by atoms with Gasteiger partial charge in [-0.05, 0) is 46.1 Å². The summed E-state index contributed by atoms with van der Waals surface area (Å²) in [6.45, 7) is 4.49. The Hall–Kier alpha value is -1.62. The van der Waals surface area contributed by atoms with Crippen molar-refractivity contribution in [3.63, 3.8) is 0 Å². The summed E-state index contributed by atoms with van der Waals surface area (Å²) in [6.07, 6.45) is 2.54. The summed E-state index contributed by atoms with van der Waals surface area (Å²) >= 11 is 0. The lowest BCUT2D eigenvalue weighted by molar-refractivity contribution is 0.0952. The molecule has 0 unspecified atom stereocenters. The lowest BCUT2D eigenvalue weighted by Gasteiger charge is -2.10. The molecular weight excluding hydrogens is 228 g/mol. The van der Waals surface area contributed by atoms with Gasteiger partial charge in [-0.15, -0.1) is 0 Å². The molecule has 2 N–H and O–H groups in total. The van der Waals surface area contributed by atoms with Gasteiger partial charge < -0.3 is 15.5 Å². The molecule has 0 spiro atoms. The van der Waals surface area contributed by atoms with Crippen molar-refractivity contribution in [3.05, 3.63) is 23.9 Å². The summed E-state index contributed by atoms with van der Waals surface area (Å²) in [4.78, 5) is 18.0. The summed E-state index contributed by atoms with van der Waals surface area (Å²) in [7, 11) is 4.04. The van der Waals surface area contributed by atoms with Gasteiger partial charge in [0.2, 0.25) is 0 Å². The van der Waals surface area contributed by atoms with E-state index in [9.17, 15) is 4.79 Å². The molecule has 1 rings (SSSR count). The molecule has 1 aromatic rings. The van der Waals surface area contributed by atoms with E-state index in [1.165, 1.54) is 0 Å². The Kier molecular flexibility index (Phi) is 6.14. The molecule has 0 saturated carbocycles. The van der Waals surface area contributed by atoms with E-state index in [0.29, 0.717) is 12.1 Å². The Balaban J connectivity index is 2.37. The van der Waals surface area contributed by atoms with Crippen LogP contribution in [0.25, 0.3) is 0 Å². The molecule has 5 heteroatoms. The van der Waals surface area contributed by atoms with E-state index in [0.717, 1.165) is 25.3 Å². The first-order chi connectivity index (χ1) is 8.63. The monoisotopic (exact) mass is 250 g/mol. The van der Waals surface area contributed by atoms with Crippen LogP contribution in [-0.2, 0) is 0 Å². The number of anilines is 1. The van der Waals surface area contributed by atoms with Crippen LogP contribution in [0.15, 0.2) is 18.3 Å². The van der Waals surface area contributed by atoms with E-state index in [1.807, 2.05) is 27.1 Å². The maximum atomic E-state index is 11.8. The van der Waals surface area contributed by atoms with Crippen LogP contribution in [0.3, 0.4) is 0 Å². The minimum Gasteiger partial charge on any atom is -0.370 e. The van der Waals surface area contributed by atoms with Crippen LogP contribution in [-0.4, -0.2) is 49.5 Å². The van der Waals surface area contributed by atoms with Gasteiger partial charge in [0.15, 0.2) is 0 Å². The van der Waals surface area contributed by atoms with Crippen LogP contribution < -0.4 is 10.6 Å². The van der Waals surface area contributed by atoms with Crippen LogP contribution in [0.2, 0.25) is 0 Å². The molecule has 1 amide bonds. The maximum Gasteiger partial charge on any atom is 0.252 e. The average molecular weight is 250 g/mol. The molecule has 18 heavy (non-hydrogen) atoms. The van der Waals surface area contributed by atoms with E-state index in [1.54, 1.807) is 12.3 Å². The van der Waals surface area contributed by atoms with Crippen molar-refractivity contribution in [3.8, 4) is 0 Å². The van der Waals surface area contributed by atoms with Crippen molar-refractivity contribution in [1.29, 1.82) is 0 Å². The SMILES string of the molecule is CCNc1ccc(C(=O)NCCCN(C)C)cn1. The predicted octanol–water partition coefficient (Wildman–Crippen LogP) is 1.19. The Morgan fingerprint density at radius 3 is 2.72 bits per heavy atom. The Morgan fingerprint density at radius 1 is 1.39 bits per heavy atom. The fraction of sp³-hybridized carbons (Fsp3) is 0.538. The van der Waals surface area contributed by atoms with Gasteiger partial charge >= 0.3 is 0 Å². The van der Waals surface area contributed by atoms with Crippen molar-refractivity contribution in [2.24, 2.45) is 0 Å². The second kappa shape index (κ2) is 7.66. The fourth-order valence-electron chi connectivity index (χ4n) is 1.51. The van der Waals surface area contributed by atoms with Crippen molar-refractivity contribution in [1.82, 2.24) is 15.2 Å². The molecule has 0 fully saturated rings. The van der Waals surface area contributed by atoms with Crippen molar-refractivity contribution in [2.45, 2.75) is 13.3 Å². The summed E-state index contributed by atoms with van der Waals surface area (Å²) in [6, 6.07) is 3.60. The van der Waals surface area contributed by atoms with Gasteiger partial charge in [-0.25, -0.2) is 4.98 Å². The molecule has 1 heterocycles. The van der Waals surface area contributed by atoms with E-state index < -0.39 is 0 Å². The summed E-state index contributed by atoms with van der Waals surface area (Å²) < 4.78 is 0. The number of nitrogens with one attached hydrogen (secondary N) is 2. The average Bonchev–Trinajstić information content (AvgIpc) is 2.35. The van der Waals surface area contributed by atoms with E-state index in [4.69, 9.17) is 0 Å². The lowest BCUT2D eigenvalue weighted by atomic mass is 10.2. The van der Waals surface area contributed by atoms with Crippen molar-refractivity contribution >= 4 is 11.7 Å². The number of hydrogen-bond donors (Lipinski definition) is 2. The molecule has 0 atom stereocenters. The Bertz CT molecular complexity index is 362. The Labute approximate surface area is 109 Å². The van der Waals surface area contributed by atoms with Crippen LogP contribution in [0, 0.1) is 0 Å². The number of carbonyl (C=O) groups excluding carboxylic acids is 1. The largest absolute Gasteiger partial charge is 0.370 e. The van der Waals surface area contributed by atoms with Crippen molar-refractivity contribution in [2.75, 3.05) is 39.0 Å². The van der Waals surface area contributed by atoms with Gasteiger partial charge in [-0.3, -0.25) is 4.79 Å². The second-order valence-corrected chi connectivity index (χ2v) is 4.38. The van der Waals surface area contributed by atoms with E-state index >= 15 is 0 Å². The lowest BCUT2D eigenvalue weighted by Crippen LogP contribution is -2.27. The van der Waals surface area contributed by atoms with E-state index in [2.05, 4.69) is 20.5 Å². The minimum absolute atomic E-state index is 0.0655. The van der Waals surface area contributed by atoms with Crippen LogP contribution in [0.5, 0.6) is 0 Å². The van der Waals surface area contributed by atoms with Gasteiger partial charge in [0.1, 0.15) is 5.82 Å². The third kappa shape index (κ3) is 5.14. The zero-order valence-electron chi connectivity index (χ0n) is 11.4. The number of nitrogens with zero attached hydrogens (tertiary/aromatic N) is 2. The van der Waals surface area contributed by atoms with Crippen LogP contribution in [0.4, 0.5) is 5.82 Å². The quantitative estimate of drug-likeness (QED) is 0.714. The molecule has 1 aromatic heterocycles. The molecule has 0 bridgehead atoms. The molecule has 0 aromatic carbocycles. The van der Waals surface area contributed by atoms with Gasteiger partial charge in [-0.2, -0.15) is 0 Å². The van der Waals surface area contributed by atoms with Gasteiger partial charge in [0.25, 0.3) is 5.91 Å². The molecule has 0 aliphatic heterocycles. The topological polar surface area (TPSA) is 57.3 Å². The standard InChI is InChI=1S/C13H22N4O/c1-4-14-12-7-6-11(10-16-12)13(18)15-8-5-9-17(2)3/h6-7,10H,4-5,8-9H2,1-3H3,(H,14,16)(H,15,18). The normalized spacial score (nSPS) is 10.4. The fourth-order valence-corrected chi connectivity index (χ4v) is 1.51. The number of aromatic nitrogens is 1. The molecule has 0 saturated heterocycles. The second-order valence-electron chi connectivity index (χ2n) is 4.38. The molecule has 100 valence electrons. The zero-order chi connectivity index (χ0) is 13.4. The molecule has 0 radical (unpaired) electrons. The smallest absolute Gasteiger partial charge is 0.252 e. The van der Waals surface area contributed by atoms with E-state index in [-0.39, 0.29) is 5.91 Å². The first-order valence-electron chi connectivity index (χ1n) is 6.26. The van der Waals surface area contributed by atoms with Crippen molar-refractivity contribution < 1.29 is 4.79 Å². The highest BCUT2D eigenvalue weighted by Gasteiger charge is 2.05. The molecule has 0 aliphatic carbocycles. The van der Waals surface area contributed by atoms with Crippen LogP contribution >= 0.6 is 0 Å². The predicted molar refractivity (Wildman–Crippen MR) is 73.9 cm³/mol. The first-order valence-corrected chi connectivity index (χ1v) is 6.26. The van der Waals surface area contributed by atoms with Gasteiger partial charge in [0, 0.05) is 19.3 Å². The third-order valence-electron chi connectivity index (χ3n) is 2.45. The third-order valence-corrected chi connectivity index (χ3v) is 2.45. The molecule has 5 nitrogen and oxygen atoms in total. The maximum absolute atomic E-state index is 11.8. The molecular formula is C13H22N4O. The first kappa shape index (κ1) is 14.4. The number of pyridine rings is 1.